The number of rotatable bonds is 8. The Hall–Kier alpha value is -3.68. The lowest BCUT2D eigenvalue weighted by Gasteiger charge is -2.42. The molecule has 4 aliphatic rings. The number of hydrogen-bond donors (Lipinski definition) is 0. The lowest BCUT2D eigenvalue weighted by molar-refractivity contribution is -0.128. The van der Waals surface area contributed by atoms with Crippen molar-refractivity contribution in [2.45, 2.75) is 44.2 Å². The Kier molecular flexibility index (Phi) is 8.35. The number of benzene rings is 1. The van der Waals surface area contributed by atoms with Crippen LogP contribution in [0.5, 0.6) is 6.01 Å². The zero-order chi connectivity index (χ0) is 28.2. The summed E-state index contributed by atoms with van der Waals surface area (Å²) >= 11 is 0. The van der Waals surface area contributed by atoms with E-state index in [0.29, 0.717) is 38.3 Å². The van der Waals surface area contributed by atoms with Crippen LogP contribution in [0.2, 0.25) is 0 Å². The summed E-state index contributed by atoms with van der Waals surface area (Å²) in [5.41, 5.74) is 5.00. The average molecular weight is 558 g/mol. The molecule has 10 nitrogen and oxygen atoms in total. The molecule has 1 aromatic heterocycles. The van der Waals surface area contributed by atoms with E-state index in [-0.39, 0.29) is 18.4 Å². The molecular formula is C31H39N7O3. The van der Waals surface area contributed by atoms with E-state index in [1.165, 1.54) is 22.9 Å². The van der Waals surface area contributed by atoms with E-state index in [0.717, 1.165) is 76.6 Å². The highest BCUT2D eigenvalue weighted by molar-refractivity contribution is 5.87. The minimum Gasteiger partial charge on any atom is -0.462 e. The Morgan fingerprint density at radius 1 is 1.15 bits per heavy atom. The van der Waals surface area contributed by atoms with Gasteiger partial charge in [0.1, 0.15) is 12.4 Å². The second kappa shape index (κ2) is 12.5. The molecule has 41 heavy (non-hydrogen) atoms. The van der Waals surface area contributed by atoms with Crippen molar-refractivity contribution in [2.75, 3.05) is 75.4 Å². The molecule has 2 saturated heterocycles. The van der Waals surface area contributed by atoms with E-state index in [4.69, 9.17) is 19.4 Å². The number of carbonyl (C=O) groups is 1. The molecule has 0 saturated carbocycles. The lowest BCUT2D eigenvalue weighted by atomic mass is 9.90. The second-order valence-electron chi connectivity index (χ2n) is 11.2. The fraction of sp³-hybridized carbons (Fsp3) is 0.548. The van der Waals surface area contributed by atoms with Crippen molar-refractivity contribution < 1.29 is 14.3 Å². The third kappa shape index (κ3) is 5.88. The summed E-state index contributed by atoms with van der Waals surface area (Å²) in [5, 5.41) is 9.50. The first-order valence-corrected chi connectivity index (χ1v) is 14.9. The maximum absolute atomic E-state index is 12.5. The van der Waals surface area contributed by atoms with Crippen LogP contribution in [-0.2, 0) is 28.8 Å². The van der Waals surface area contributed by atoms with Crippen LogP contribution in [-0.4, -0.2) is 103 Å². The standard InChI is InChI=1S/C31H39N7O3/c1-2-29(39)38-14-13-36(22-25(38)9-11-32)30-26-8-7-24(37-12-10-23-5-3-4-6-28(23)37)21-27(26)33-31(34-30)41-20-17-35-15-18-40-19-16-35/h2-6,24-25H,1,7-10,12-22H2. The van der Waals surface area contributed by atoms with Gasteiger partial charge in [0.25, 0.3) is 0 Å². The quantitative estimate of drug-likeness (QED) is 0.453. The van der Waals surface area contributed by atoms with E-state index < -0.39 is 0 Å². The van der Waals surface area contributed by atoms with E-state index in [2.05, 4.69) is 51.6 Å². The van der Waals surface area contributed by atoms with Crippen molar-refractivity contribution >= 4 is 17.4 Å². The SMILES string of the molecule is C=CC(=O)N1CCN(c2nc(OCCN3CCOCC3)nc3c2CCC(N2CCc4ccccc42)C3)CC1CC#N. The van der Waals surface area contributed by atoms with E-state index >= 15 is 0 Å². The van der Waals surface area contributed by atoms with Crippen LogP contribution in [0.25, 0.3) is 0 Å². The van der Waals surface area contributed by atoms with Gasteiger partial charge >= 0.3 is 6.01 Å². The molecular weight excluding hydrogens is 518 g/mol. The van der Waals surface area contributed by atoms with Gasteiger partial charge in [-0.3, -0.25) is 9.69 Å². The zero-order valence-electron chi connectivity index (χ0n) is 23.7. The number of aromatic nitrogens is 2. The largest absolute Gasteiger partial charge is 0.462 e. The van der Waals surface area contributed by atoms with Crippen molar-refractivity contribution in [1.82, 2.24) is 19.8 Å². The van der Waals surface area contributed by atoms with Crippen molar-refractivity contribution in [3.8, 4) is 12.1 Å². The molecule has 3 aliphatic heterocycles. The average Bonchev–Trinajstić information content (AvgIpc) is 3.45. The second-order valence-corrected chi connectivity index (χ2v) is 11.2. The smallest absolute Gasteiger partial charge is 0.318 e. The topological polar surface area (TPSA) is 98.1 Å². The summed E-state index contributed by atoms with van der Waals surface area (Å²) in [6.45, 7) is 11.0. The number of ether oxygens (including phenoxy) is 2. The van der Waals surface area contributed by atoms with Crippen LogP contribution in [0.3, 0.4) is 0 Å². The van der Waals surface area contributed by atoms with Crippen molar-refractivity contribution in [3.05, 3.63) is 53.7 Å². The third-order valence-corrected chi connectivity index (χ3v) is 8.88. The van der Waals surface area contributed by atoms with E-state index in [1.807, 2.05) is 0 Å². The van der Waals surface area contributed by atoms with Gasteiger partial charge in [-0.2, -0.15) is 15.2 Å². The molecule has 2 aromatic rings. The van der Waals surface area contributed by atoms with Gasteiger partial charge in [-0.1, -0.05) is 24.8 Å². The Bertz CT molecular complexity index is 1310. The molecule has 1 aromatic carbocycles. The minimum absolute atomic E-state index is 0.129. The fourth-order valence-corrected chi connectivity index (χ4v) is 6.72. The van der Waals surface area contributed by atoms with Gasteiger partial charge in [0.05, 0.1) is 37.4 Å². The van der Waals surface area contributed by atoms with Crippen LogP contribution in [0.1, 0.15) is 29.7 Å². The number of piperazine rings is 1. The van der Waals surface area contributed by atoms with Gasteiger partial charge in [0.15, 0.2) is 0 Å². The summed E-state index contributed by atoms with van der Waals surface area (Å²) in [5.74, 6) is 0.765. The Labute approximate surface area is 242 Å². The van der Waals surface area contributed by atoms with Gasteiger partial charge in [-0.15, -0.1) is 0 Å². The Morgan fingerprint density at radius 3 is 2.83 bits per heavy atom. The number of morpholine rings is 1. The lowest BCUT2D eigenvalue weighted by Crippen LogP contribution is -2.55. The van der Waals surface area contributed by atoms with Crippen molar-refractivity contribution in [1.29, 1.82) is 5.26 Å². The number of para-hydroxylation sites is 1. The number of amides is 1. The first-order valence-electron chi connectivity index (χ1n) is 14.9. The van der Waals surface area contributed by atoms with E-state index in [9.17, 15) is 10.1 Å². The first-order chi connectivity index (χ1) is 20.1. The monoisotopic (exact) mass is 557 g/mol. The summed E-state index contributed by atoms with van der Waals surface area (Å²) in [7, 11) is 0. The van der Waals surface area contributed by atoms with Crippen LogP contribution < -0.4 is 14.5 Å². The summed E-state index contributed by atoms with van der Waals surface area (Å²) < 4.78 is 11.7. The first kappa shape index (κ1) is 27.5. The number of carbonyl (C=O) groups excluding carboxylic acids is 1. The predicted octanol–water partition coefficient (Wildman–Crippen LogP) is 2.22. The van der Waals surface area contributed by atoms with Crippen LogP contribution in [0.4, 0.5) is 11.5 Å². The minimum atomic E-state index is -0.215. The highest BCUT2D eigenvalue weighted by atomic mass is 16.5. The summed E-state index contributed by atoms with van der Waals surface area (Å²) in [6, 6.07) is 11.6. The molecule has 0 spiro atoms. The van der Waals surface area contributed by atoms with Gasteiger partial charge in [0.2, 0.25) is 5.91 Å². The van der Waals surface area contributed by atoms with Crippen LogP contribution >= 0.6 is 0 Å². The highest BCUT2D eigenvalue weighted by Gasteiger charge is 2.35. The fourth-order valence-electron chi connectivity index (χ4n) is 6.72. The molecule has 216 valence electrons. The molecule has 6 rings (SSSR count). The number of anilines is 2. The normalized spacial score (nSPS) is 22.6. The number of nitriles is 1. The maximum Gasteiger partial charge on any atom is 0.318 e. The molecule has 4 heterocycles. The van der Waals surface area contributed by atoms with Crippen LogP contribution in [0.15, 0.2) is 36.9 Å². The predicted molar refractivity (Wildman–Crippen MR) is 156 cm³/mol. The van der Waals surface area contributed by atoms with Crippen molar-refractivity contribution in [3.63, 3.8) is 0 Å². The maximum atomic E-state index is 12.5. The molecule has 1 amide bonds. The van der Waals surface area contributed by atoms with Gasteiger partial charge in [-0.25, -0.2) is 0 Å². The third-order valence-electron chi connectivity index (χ3n) is 8.88. The molecule has 0 N–H and O–H groups in total. The van der Waals surface area contributed by atoms with Gasteiger partial charge < -0.3 is 24.2 Å². The number of hydrogen-bond acceptors (Lipinski definition) is 9. The Morgan fingerprint density at radius 2 is 2.00 bits per heavy atom. The Balaban J connectivity index is 1.25. The molecule has 10 heteroatoms. The molecule has 2 unspecified atom stereocenters. The van der Waals surface area contributed by atoms with E-state index in [1.54, 1.807) is 4.90 Å². The zero-order valence-corrected chi connectivity index (χ0v) is 23.7. The molecule has 2 fully saturated rings. The molecule has 0 radical (unpaired) electrons. The molecule has 0 bridgehead atoms. The van der Waals surface area contributed by atoms with Gasteiger partial charge in [0, 0.05) is 69.5 Å². The van der Waals surface area contributed by atoms with Crippen LogP contribution in [0, 0.1) is 11.3 Å². The number of fused-ring (bicyclic) bond motifs is 2. The summed E-state index contributed by atoms with van der Waals surface area (Å²) in [6.07, 6.45) is 5.45. The van der Waals surface area contributed by atoms with Gasteiger partial charge in [-0.05, 0) is 37.0 Å². The van der Waals surface area contributed by atoms with Crippen molar-refractivity contribution in [2.24, 2.45) is 0 Å². The molecule has 1 aliphatic carbocycles. The summed E-state index contributed by atoms with van der Waals surface area (Å²) in [4.78, 5) is 31.3. The highest BCUT2D eigenvalue weighted by Crippen LogP contribution is 2.37. The molecule has 2 atom stereocenters. The number of nitrogens with zero attached hydrogens (tertiary/aromatic N) is 7.